The minimum absolute atomic E-state index is 0.341. The lowest BCUT2D eigenvalue weighted by molar-refractivity contribution is 0.0135. The Balaban J connectivity index is 2.17. The summed E-state index contributed by atoms with van der Waals surface area (Å²) in [6, 6.07) is 0.621. The minimum atomic E-state index is -0.341. The highest BCUT2D eigenvalue weighted by Gasteiger charge is 2.24. The van der Waals surface area contributed by atoms with Gasteiger partial charge in [0.15, 0.2) is 0 Å². The Hall–Kier alpha value is -0.160. The predicted octanol–water partition coefficient (Wildman–Crippen LogP) is 1.48. The highest BCUT2D eigenvalue weighted by molar-refractivity contribution is 4.80. The second kappa shape index (κ2) is 9.70. The second-order valence-electron chi connectivity index (χ2n) is 5.69. The molecule has 4 heteroatoms. The molecule has 4 nitrogen and oxygen atoms in total. The van der Waals surface area contributed by atoms with Crippen LogP contribution < -0.4 is 5.32 Å². The fourth-order valence-electron chi connectivity index (χ4n) is 2.78. The van der Waals surface area contributed by atoms with Crippen LogP contribution in [0.4, 0.5) is 0 Å². The van der Waals surface area contributed by atoms with Gasteiger partial charge in [-0.15, -0.1) is 0 Å². The molecule has 114 valence electrons. The van der Waals surface area contributed by atoms with Crippen molar-refractivity contribution in [3.8, 4) is 0 Å². The number of likely N-dealkylation sites (tertiary alicyclic amines) is 1. The maximum absolute atomic E-state index is 9.84. The smallest absolute Gasteiger partial charge is 0.0900 e. The van der Waals surface area contributed by atoms with Gasteiger partial charge in [0.1, 0.15) is 0 Å². The van der Waals surface area contributed by atoms with Crippen LogP contribution in [0.2, 0.25) is 0 Å². The van der Waals surface area contributed by atoms with E-state index in [-0.39, 0.29) is 6.10 Å². The molecule has 1 rings (SSSR count). The summed E-state index contributed by atoms with van der Waals surface area (Å²) in [7, 11) is 0. The standard InChI is InChI=1S/C15H32N2O2/c1-4-8-16-13(3)14-6-9-17(10-7-14)11-15(18)12-19-5-2/h13-16,18H,4-12H2,1-3H3. The molecule has 0 saturated carbocycles. The van der Waals surface area contributed by atoms with E-state index < -0.39 is 0 Å². The molecule has 2 atom stereocenters. The Bertz CT molecular complexity index is 218. The third kappa shape index (κ3) is 6.70. The lowest BCUT2D eigenvalue weighted by Crippen LogP contribution is -2.44. The summed E-state index contributed by atoms with van der Waals surface area (Å²) < 4.78 is 5.25. The van der Waals surface area contributed by atoms with Gasteiger partial charge in [0.2, 0.25) is 0 Å². The second-order valence-corrected chi connectivity index (χ2v) is 5.69. The van der Waals surface area contributed by atoms with E-state index >= 15 is 0 Å². The molecule has 0 spiro atoms. The minimum Gasteiger partial charge on any atom is -0.389 e. The quantitative estimate of drug-likeness (QED) is 0.667. The maximum Gasteiger partial charge on any atom is 0.0900 e. The Morgan fingerprint density at radius 2 is 2.00 bits per heavy atom. The Morgan fingerprint density at radius 1 is 1.32 bits per heavy atom. The zero-order valence-corrected chi connectivity index (χ0v) is 12.9. The van der Waals surface area contributed by atoms with E-state index in [1.165, 1.54) is 19.3 Å². The van der Waals surface area contributed by atoms with Crippen LogP contribution in [-0.2, 0) is 4.74 Å². The summed E-state index contributed by atoms with van der Waals surface area (Å²) in [5.74, 6) is 0.784. The van der Waals surface area contributed by atoms with Crippen LogP contribution in [0.5, 0.6) is 0 Å². The van der Waals surface area contributed by atoms with E-state index in [0.29, 0.717) is 19.3 Å². The van der Waals surface area contributed by atoms with Crippen molar-refractivity contribution >= 4 is 0 Å². The number of aliphatic hydroxyl groups excluding tert-OH is 1. The molecule has 0 aliphatic carbocycles. The molecule has 1 saturated heterocycles. The van der Waals surface area contributed by atoms with Crippen LogP contribution in [0.1, 0.15) is 40.0 Å². The van der Waals surface area contributed by atoms with Crippen LogP contribution >= 0.6 is 0 Å². The van der Waals surface area contributed by atoms with Gasteiger partial charge in [0, 0.05) is 19.2 Å². The molecule has 1 aliphatic heterocycles. The zero-order valence-electron chi connectivity index (χ0n) is 12.9. The first-order valence-electron chi connectivity index (χ1n) is 7.88. The highest BCUT2D eigenvalue weighted by atomic mass is 16.5. The van der Waals surface area contributed by atoms with Gasteiger partial charge in [-0.2, -0.15) is 0 Å². The topological polar surface area (TPSA) is 44.7 Å². The summed E-state index contributed by atoms with van der Waals surface area (Å²) in [4.78, 5) is 2.37. The van der Waals surface area contributed by atoms with Gasteiger partial charge in [-0.3, -0.25) is 0 Å². The summed E-state index contributed by atoms with van der Waals surface area (Å²) in [6.45, 7) is 11.7. The number of β-amino-alcohol motifs (C(OH)–C–C–N with tert-alkyl or cyclic N) is 1. The average molecular weight is 272 g/mol. The summed E-state index contributed by atoms with van der Waals surface area (Å²) >= 11 is 0. The number of rotatable bonds is 9. The Morgan fingerprint density at radius 3 is 2.58 bits per heavy atom. The average Bonchev–Trinajstić information content (AvgIpc) is 2.43. The van der Waals surface area contributed by atoms with E-state index in [1.54, 1.807) is 0 Å². The van der Waals surface area contributed by atoms with E-state index in [9.17, 15) is 5.11 Å². The number of nitrogens with one attached hydrogen (secondary N) is 1. The third-order valence-electron chi connectivity index (χ3n) is 4.04. The molecule has 0 bridgehead atoms. The first kappa shape index (κ1) is 16.9. The summed E-state index contributed by atoms with van der Waals surface area (Å²) in [6.07, 6.45) is 3.33. The van der Waals surface area contributed by atoms with Gasteiger partial charge in [-0.1, -0.05) is 6.92 Å². The third-order valence-corrected chi connectivity index (χ3v) is 4.04. The van der Waals surface area contributed by atoms with Crippen molar-refractivity contribution < 1.29 is 9.84 Å². The van der Waals surface area contributed by atoms with E-state index in [4.69, 9.17) is 4.74 Å². The first-order chi connectivity index (χ1) is 9.17. The zero-order chi connectivity index (χ0) is 14.1. The summed E-state index contributed by atoms with van der Waals surface area (Å²) in [5.41, 5.74) is 0. The molecule has 1 heterocycles. The molecule has 0 radical (unpaired) electrons. The molecule has 0 aromatic carbocycles. The van der Waals surface area contributed by atoms with Crippen LogP contribution in [-0.4, -0.2) is 61.5 Å². The predicted molar refractivity (Wildman–Crippen MR) is 79.4 cm³/mol. The molecule has 0 aromatic heterocycles. The molecule has 0 amide bonds. The molecular weight excluding hydrogens is 240 g/mol. The maximum atomic E-state index is 9.84. The highest BCUT2D eigenvalue weighted by Crippen LogP contribution is 2.20. The fourth-order valence-corrected chi connectivity index (χ4v) is 2.78. The number of piperidine rings is 1. The molecule has 0 aromatic rings. The molecule has 1 fully saturated rings. The lowest BCUT2D eigenvalue weighted by Gasteiger charge is -2.36. The van der Waals surface area contributed by atoms with Crippen LogP contribution in [0.25, 0.3) is 0 Å². The number of hydrogen-bond acceptors (Lipinski definition) is 4. The van der Waals surface area contributed by atoms with Gasteiger partial charge in [-0.25, -0.2) is 0 Å². The number of hydrogen-bond donors (Lipinski definition) is 2. The molecule has 2 unspecified atom stereocenters. The van der Waals surface area contributed by atoms with Gasteiger partial charge < -0.3 is 20.1 Å². The van der Waals surface area contributed by atoms with Crippen LogP contribution in [0.3, 0.4) is 0 Å². The monoisotopic (exact) mass is 272 g/mol. The molecule has 1 aliphatic rings. The van der Waals surface area contributed by atoms with Gasteiger partial charge >= 0.3 is 0 Å². The Kier molecular flexibility index (Phi) is 8.62. The van der Waals surface area contributed by atoms with Crippen molar-refractivity contribution in [2.75, 3.05) is 39.4 Å². The van der Waals surface area contributed by atoms with Crippen molar-refractivity contribution in [1.29, 1.82) is 0 Å². The van der Waals surface area contributed by atoms with Gasteiger partial charge in [0.05, 0.1) is 12.7 Å². The van der Waals surface area contributed by atoms with Crippen molar-refractivity contribution in [2.45, 2.75) is 52.2 Å². The van der Waals surface area contributed by atoms with Crippen molar-refractivity contribution in [2.24, 2.45) is 5.92 Å². The first-order valence-corrected chi connectivity index (χ1v) is 7.88. The Labute approximate surface area is 118 Å². The van der Waals surface area contributed by atoms with Gasteiger partial charge in [0.25, 0.3) is 0 Å². The number of ether oxygens (including phenoxy) is 1. The number of aliphatic hydroxyl groups is 1. The van der Waals surface area contributed by atoms with Crippen molar-refractivity contribution in [3.63, 3.8) is 0 Å². The van der Waals surface area contributed by atoms with E-state index in [2.05, 4.69) is 24.1 Å². The molecular formula is C15H32N2O2. The van der Waals surface area contributed by atoms with E-state index in [1.807, 2.05) is 6.92 Å². The fraction of sp³-hybridized carbons (Fsp3) is 1.00. The molecule has 19 heavy (non-hydrogen) atoms. The van der Waals surface area contributed by atoms with Crippen molar-refractivity contribution in [1.82, 2.24) is 10.2 Å². The lowest BCUT2D eigenvalue weighted by atomic mass is 9.90. The largest absolute Gasteiger partial charge is 0.389 e. The normalized spacial score (nSPS) is 21.5. The van der Waals surface area contributed by atoms with Crippen molar-refractivity contribution in [3.05, 3.63) is 0 Å². The van der Waals surface area contributed by atoms with E-state index in [0.717, 1.165) is 32.1 Å². The SMILES string of the molecule is CCCNC(C)C1CCN(CC(O)COCC)CC1. The van der Waals surface area contributed by atoms with Crippen LogP contribution in [0.15, 0.2) is 0 Å². The number of nitrogens with zero attached hydrogens (tertiary/aromatic N) is 1. The summed E-state index contributed by atoms with van der Waals surface area (Å²) in [5, 5.41) is 13.4. The van der Waals surface area contributed by atoms with Gasteiger partial charge in [-0.05, 0) is 58.7 Å². The van der Waals surface area contributed by atoms with Crippen LogP contribution in [0, 0.1) is 5.92 Å². The molecule has 2 N–H and O–H groups in total.